The summed E-state index contributed by atoms with van der Waals surface area (Å²) in [6.45, 7) is 4.81. The van der Waals surface area contributed by atoms with Crippen molar-refractivity contribution in [1.29, 1.82) is 0 Å². The lowest BCUT2D eigenvalue weighted by molar-refractivity contribution is 0.0697. The first-order chi connectivity index (χ1) is 13.1. The fourth-order valence-electron chi connectivity index (χ4n) is 3.89. The molecule has 1 saturated carbocycles. The number of fused-ring (bicyclic) bond motifs is 1. The van der Waals surface area contributed by atoms with Gasteiger partial charge in [0.2, 0.25) is 0 Å². The highest BCUT2D eigenvalue weighted by Crippen LogP contribution is 2.39. The van der Waals surface area contributed by atoms with E-state index in [2.05, 4.69) is 33.4 Å². The standard InChI is InChI=1S/C21H21N5O/c1-12-7-19(25-23-12)20-9-16(10-22-24-20)15-5-6-18-17(8-15)11-26(21(18)27)13(2)14-3-4-14/h5-10,13-14H,3-4,11H2,1-2H3,(H,23,25)/t13-/m0/s1. The zero-order chi connectivity index (χ0) is 18.5. The van der Waals surface area contributed by atoms with Crippen LogP contribution >= 0.6 is 0 Å². The van der Waals surface area contributed by atoms with E-state index in [-0.39, 0.29) is 5.91 Å². The van der Waals surface area contributed by atoms with E-state index >= 15 is 0 Å². The summed E-state index contributed by atoms with van der Waals surface area (Å²) in [5.41, 5.74) is 6.49. The summed E-state index contributed by atoms with van der Waals surface area (Å²) in [5, 5.41) is 15.5. The van der Waals surface area contributed by atoms with Gasteiger partial charge < -0.3 is 4.90 Å². The minimum absolute atomic E-state index is 0.164. The number of amides is 1. The molecule has 1 N–H and O–H groups in total. The minimum Gasteiger partial charge on any atom is -0.331 e. The van der Waals surface area contributed by atoms with E-state index < -0.39 is 0 Å². The Hall–Kier alpha value is -3.02. The molecule has 6 nitrogen and oxygen atoms in total. The molecular formula is C21H21N5O. The average Bonchev–Trinajstić information content (AvgIpc) is 3.37. The molecule has 0 saturated heterocycles. The smallest absolute Gasteiger partial charge is 0.254 e. The zero-order valence-electron chi connectivity index (χ0n) is 15.4. The minimum atomic E-state index is 0.164. The third kappa shape index (κ3) is 2.81. The first-order valence-corrected chi connectivity index (χ1v) is 9.39. The maximum Gasteiger partial charge on any atom is 0.254 e. The molecule has 0 radical (unpaired) electrons. The lowest BCUT2D eigenvalue weighted by Gasteiger charge is -2.23. The van der Waals surface area contributed by atoms with Gasteiger partial charge in [-0.25, -0.2) is 0 Å². The molecule has 1 aromatic carbocycles. The molecule has 0 unspecified atom stereocenters. The van der Waals surface area contributed by atoms with Crippen molar-refractivity contribution in [2.45, 2.75) is 39.3 Å². The Kier molecular flexibility index (Phi) is 3.60. The van der Waals surface area contributed by atoms with E-state index in [9.17, 15) is 4.79 Å². The molecule has 0 bridgehead atoms. The van der Waals surface area contributed by atoms with Crippen molar-refractivity contribution in [2.24, 2.45) is 5.92 Å². The number of hydrogen-bond acceptors (Lipinski definition) is 4. The molecule has 1 fully saturated rings. The Morgan fingerprint density at radius 1 is 1.19 bits per heavy atom. The Bertz CT molecular complexity index is 1040. The predicted molar refractivity (Wildman–Crippen MR) is 102 cm³/mol. The van der Waals surface area contributed by atoms with Crippen LogP contribution in [0.3, 0.4) is 0 Å². The van der Waals surface area contributed by atoms with E-state index in [1.807, 2.05) is 36.1 Å². The first-order valence-electron chi connectivity index (χ1n) is 9.39. The van der Waals surface area contributed by atoms with Crippen LogP contribution in [0, 0.1) is 12.8 Å². The topological polar surface area (TPSA) is 74.8 Å². The van der Waals surface area contributed by atoms with Gasteiger partial charge in [0.25, 0.3) is 5.91 Å². The Balaban J connectivity index is 1.46. The van der Waals surface area contributed by atoms with Gasteiger partial charge in [-0.3, -0.25) is 9.89 Å². The van der Waals surface area contributed by atoms with E-state index in [1.165, 1.54) is 12.8 Å². The van der Waals surface area contributed by atoms with Crippen LogP contribution in [0.25, 0.3) is 22.5 Å². The maximum atomic E-state index is 12.8. The number of carbonyl (C=O) groups is 1. The van der Waals surface area contributed by atoms with Gasteiger partial charge in [0.05, 0.1) is 17.6 Å². The molecule has 2 aromatic heterocycles. The number of aromatic nitrogens is 4. The van der Waals surface area contributed by atoms with Crippen LogP contribution < -0.4 is 0 Å². The van der Waals surface area contributed by atoms with Gasteiger partial charge in [-0.15, -0.1) is 5.10 Å². The second-order valence-electron chi connectivity index (χ2n) is 7.64. The fraction of sp³-hybridized carbons (Fsp3) is 0.333. The summed E-state index contributed by atoms with van der Waals surface area (Å²) in [6, 6.07) is 10.3. The fourth-order valence-corrected chi connectivity index (χ4v) is 3.89. The molecule has 3 aromatic rings. The number of aromatic amines is 1. The number of rotatable bonds is 4. The van der Waals surface area contributed by atoms with Gasteiger partial charge >= 0.3 is 0 Å². The number of benzene rings is 1. The second-order valence-corrected chi connectivity index (χ2v) is 7.64. The van der Waals surface area contributed by atoms with Gasteiger partial charge in [-0.1, -0.05) is 6.07 Å². The summed E-state index contributed by atoms with van der Waals surface area (Å²) in [7, 11) is 0. The van der Waals surface area contributed by atoms with Crippen LogP contribution in [0.15, 0.2) is 36.5 Å². The number of nitrogens with one attached hydrogen (secondary N) is 1. The largest absolute Gasteiger partial charge is 0.331 e. The molecule has 1 atom stereocenters. The number of carbonyl (C=O) groups excluding carboxylic acids is 1. The van der Waals surface area contributed by atoms with Crippen molar-refractivity contribution in [1.82, 2.24) is 25.3 Å². The zero-order valence-corrected chi connectivity index (χ0v) is 15.4. The molecule has 5 rings (SSSR count). The summed E-state index contributed by atoms with van der Waals surface area (Å²) in [4.78, 5) is 14.8. The van der Waals surface area contributed by atoms with Crippen molar-refractivity contribution >= 4 is 5.91 Å². The lowest BCUT2D eigenvalue weighted by atomic mass is 10.0. The van der Waals surface area contributed by atoms with Crippen molar-refractivity contribution in [3.8, 4) is 22.5 Å². The van der Waals surface area contributed by atoms with E-state index in [0.717, 1.165) is 39.3 Å². The van der Waals surface area contributed by atoms with Crippen LogP contribution in [0.1, 0.15) is 41.4 Å². The Morgan fingerprint density at radius 2 is 2.04 bits per heavy atom. The molecule has 1 aliphatic heterocycles. The predicted octanol–water partition coefficient (Wildman–Crippen LogP) is 3.60. The Morgan fingerprint density at radius 3 is 2.78 bits per heavy atom. The number of H-pyrrole nitrogens is 1. The van der Waals surface area contributed by atoms with Crippen molar-refractivity contribution in [3.05, 3.63) is 53.3 Å². The van der Waals surface area contributed by atoms with Crippen LogP contribution in [0.5, 0.6) is 0 Å². The number of hydrogen-bond donors (Lipinski definition) is 1. The quantitative estimate of drug-likeness (QED) is 0.772. The van der Waals surface area contributed by atoms with Gasteiger partial charge in [-0.05, 0) is 68.0 Å². The van der Waals surface area contributed by atoms with Crippen LogP contribution in [0.4, 0.5) is 0 Å². The highest BCUT2D eigenvalue weighted by Gasteiger charge is 2.38. The highest BCUT2D eigenvalue weighted by atomic mass is 16.2. The summed E-state index contributed by atoms with van der Waals surface area (Å²) < 4.78 is 0. The maximum absolute atomic E-state index is 12.8. The van der Waals surface area contributed by atoms with Gasteiger partial charge in [-0.2, -0.15) is 10.2 Å². The second kappa shape index (κ2) is 6.01. The summed E-state index contributed by atoms with van der Waals surface area (Å²) >= 11 is 0. The molecule has 136 valence electrons. The van der Waals surface area contributed by atoms with Gasteiger partial charge in [0, 0.05) is 23.7 Å². The number of nitrogens with zero attached hydrogens (tertiary/aromatic N) is 4. The van der Waals surface area contributed by atoms with Crippen LogP contribution in [-0.2, 0) is 6.54 Å². The molecule has 1 amide bonds. The molecule has 2 aliphatic rings. The summed E-state index contributed by atoms with van der Waals surface area (Å²) in [6.07, 6.45) is 4.24. The molecule has 0 spiro atoms. The third-order valence-electron chi connectivity index (χ3n) is 5.70. The summed E-state index contributed by atoms with van der Waals surface area (Å²) in [5.74, 6) is 0.838. The monoisotopic (exact) mass is 359 g/mol. The Labute approximate surface area is 157 Å². The van der Waals surface area contributed by atoms with E-state index in [1.54, 1.807) is 6.20 Å². The van der Waals surface area contributed by atoms with Crippen molar-refractivity contribution in [2.75, 3.05) is 0 Å². The van der Waals surface area contributed by atoms with Gasteiger partial charge in [0.1, 0.15) is 5.69 Å². The molecule has 1 aliphatic carbocycles. The van der Waals surface area contributed by atoms with Gasteiger partial charge in [0.15, 0.2) is 0 Å². The molecule has 6 heteroatoms. The van der Waals surface area contributed by atoms with E-state index in [0.29, 0.717) is 18.5 Å². The van der Waals surface area contributed by atoms with E-state index in [4.69, 9.17) is 0 Å². The molecule has 27 heavy (non-hydrogen) atoms. The average molecular weight is 359 g/mol. The lowest BCUT2D eigenvalue weighted by Crippen LogP contribution is -2.34. The van der Waals surface area contributed by atoms with Crippen molar-refractivity contribution < 1.29 is 4.79 Å². The molecular weight excluding hydrogens is 338 g/mol. The van der Waals surface area contributed by atoms with Crippen LogP contribution in [-0.4, -0.2) is 37.2 Å². The molecule has 3 heterocycles. The highest BCUT2D eigenvalue weighted by molar-refractivity contribution is 5.99. The van der Waals surface area contributed by atoms with Crippen LogP contribution in [0.2, 0.25) is 0 Å². The van der Waals surface area contributed by atoms with Crippen molar-refractivity contribution in [3.63, 3.8) is 0 Å². The normalized spacial score (nSPS) is 17.3. The first kappa shape index (κ1) is 16.2. The number of aryl methyl sites for hydroxylation is 1. The SMILES string of the molecule is Cc1cc(-c2cc(-c3ccc4c(c3)CN([C@@H](C)C3CC3)C4=O)cnn2)[nH]n1. The third-order valence-corrected chi connectivity index (χ3v) is 5.70.